The highest BCUT2D eigenvalue weighted by Crippen LogP contribution is 2.29. The minimum absolute atomic E-state index is 0.129. The first-order valence-electron chi connectivity index (χ1n) is 10.4. The van der Waals surface area contributed by atoms with Crippen LogP contribution >= 0.6 is 0 Å². The number of morpholine rings is 1. The minimum Gasteiger partial charge on any atom is -0.368 e. The van der Waals surface area contributed by atoms with Crippen molar-refractivity contribution in [3.05, 3.63) is 53.3 Å². The van der Waals surface area contributed by atoms with Crippen molar-refractivity contribution in [2.24, 2.45) is 7.05 Å². The van der Waals surface area contributed by atoms with Gasteiger partial charge < -0.3 is 14.2 Å². The van der Waals surface area contributed by atoms with Crippen LogP contribution in [0, 0.1) is 6.92 Å². The van der Waals surface area contributed by atoms with Gasteiger partial charge in [0.25, 0.3) is 0 Å². The molecule has 0 radical (unpaired) electrons. The number of ether oxygens (including phenoxy) is 1. The predicted octanol–water partition coefficient (Wildman–Crippen LogP) is 2.87. The third kappa shape index (κ3) is 4.14. The number of carbonyl (C=O) groups excluding carboxylic acids is 1. The van der Waals surface area contributed by atoms with Crippen LogP contribution in [0.2, 0.25) is 0 Å². The average molecular weight is 409 g/mol. The van der Waals surface area contributed by atoms with E-state index in [1.165, 1.54) is 0 Å². The number of carbonyl (C=O) groups is 1. The molecule has 0 spiro atoms. The van der Waals surface area contributed by atoms with E-state index in [1.807, 2.05) is 54.7 Å². The molecule has 0 aliphatic carbocycles. The van der Waals surface area contributed by atoms with Gasteiger partial charge in [0.2, 0.25) is 5.91 Å². The lowest BCUT2D eigenvalue weighted by Crippen LogP contribution is -2.42. The smallest absolute Gasteiger partial charge is 0.223 e. The number of rotatable bonds is 6. The van der Waals surface area contributed by atoms with Crippen LogP contribution < -0.4 is 0 Å². The monoisotopic (exact) mass is 409 g/mol. The maximum Gasteiger partial charge on any atom is 0.223 e. The van der Waals surface area contributed by atoms with Crippen molar-refractivity contribution in [3.8, 4) is 11.3 Å². The fraction of sp³-hybridized carbons (Fsp3) is 0.455. The van der Waals surface area contributed by atoms with Crippen LogP contribution in [0.15, 0.2) is 35.0 Å². The van der Waals surface area contributed by atoms with Gasteiger partial charge in [0, 0.05) is 38.3 Å². The van der Waals surface area contributed by atoms with Gasteiger partial charge in [-0.25, -0.2) is 4.98 Å². The van der Waals surface area contributed by atoms with Crippen molar-refractivity contribution in [2.75, 3.05) is 19.7 Å². The van der Waals surface area contributed by atoms with Crippen LogP contribution in [0.1, 0.15) is 42.3 Å². The molecule has 30 heavy (non-hydrogen) atoms. The molecule has 0 unspecified atom stereocenters. The molecule has 3 aromatic heterocycles. The second-order valence-electron chi connectivity index (χ2n) is 7.51. The van der Waals surface area contributed by atoms with E-state index in [2.05, 4.69) is 10.3 Å². The normalized spacial score (nSPS) is 16.8. The quantitative estimate of drug-likeness (QED) is 0.622. The summed E-state index contributed by atoms with van der Waals surface area (Å²) in [5, 5.41) is 8.24. The molecule has 1 saturated heterocycles. The Labute approximate surface area is 175 Å². The number of nitrogens with zero attached hydrogens (tertiary/aromatic N) is 5. The zero-order valence-electron chi connectivity index (χ0n) is 17.7. The van der Waals surface area contributed by atoms with Crippen molar-refractivity contribution in [1.29, 1.82) is 0 Å². The molecule has 4 rings (SSSR count). The van der Waals surface area contributed by atoms with E-state index in [0.29, 0.717) is 32.5 Å². The van der Waals surface area contributed by atoms with E-state index >= 15 is 0 Å². The summed E-state index contributed by atoms with van der Waals surface area (Å²) in [5.41, 5.74) is 4.47. The Morgan fingerprint density at radius 1 is 1.30 bits per heavy atom. The Bertz CT molecular complexity index is 1030. The molecule has 0 bridgehead atoms. The van der Waals surface area contributed by atoms with Gasteiger partial charge in [0.05, 0.1) is 35.8 Å². The minimum atomic E-state index is -0.246. The molecule has 0 aromatic carbocycles. The first-order valence-corrected chi connectivity index (χ1v) is 10.4. The van der Waals surface area contributed by atoms with Crippen LogP contribution in [0.5, 0.6) is 0 Å². The molecular weight excluding hydrogens is 382 g/mol. The van der Waals surface area contributed by atoms with Crippen molar-refractivity contribution in [3.63, 3.8) is 0 Å². The molecule has 8 heteroatoms. The Morgan fingerprint density at radius 2 is 2.17 bits per heavy atom. The van der Waals surface area contributed by atoms with Crippen molar-refractivity contribution in [2.45, 2.75) is 39.2 Å². The van der Waals surface area contributed by atoms with Gasteiger partial charge in [-0.15, -0.1) is 0 Å². The van der Waals surface area contributed by atoms with Gasteiger partial charge in [-0.05, 0) is 31.5 Å². The van der Waals surface area contributed by atoms with E-state index < -0.39 is 0 Å². The van der Waals surface area contributed by atoms with Gasteiger partial charge in [-0.1, -0.05) is 18.1 Å². The average Bonchev–Trinajstić information content (AvgIpc) is 3.36. The SMILES string of the molecule is CCc1onc(C)c1-c1cccc([C@@H]2CN(C(=O)CCc3ccnn3C)CCO2)n1. The highest BCUT2D eigenvalue weighted by atomic mass is 16.5. The highest BCUT2D eigenvalue weighted by molar-refractivity contribution is 5.76. The Kier molecular flexibility index (Phi) is 5.94. The molecule has 1 amide bonds. The van der Waals surface area contributed by atoms with E-state index in [-0.39, 0.29) is 12.0 Å². The lowest BCUT2D eigenvalue weighted by molar-refractivity contribution is -0.139. The van der Waals surface area contributed by atoms with Crippen LogP contribution in [-0.2, 0) is 29.4 Å². The third-order valence-corrected chi connectivity index (χ3v) is 5.55. The number of hydrogen-bond acceptors (Lipinski definition) is 6. The van der Waals surface area contributed by atoms with Gasteiger partial charge in [0.15, 0.2) is 0 Å². The fourth-order valence-corrected chi connectivity index (χ4v) is 3.85. The van der Waals surface area contributed by atoms with E-state index in [4.69, 9.17) is 14.2 Å². The molecular formula is C22H27N5O3. The zero-order valence-corrected chi connectivity index (χ0v) is 17.7. The van der Waals surface area contributed by atoms with Gasteiger partial charge in [-0.3, -0.25) is 9.48 Å². The van der Waals surface area contributed by atoms with Crippen LogP contribution in [0.25, 0.3) is 11.3 Å². The fourth-order valence-electron chi connectivity index (χ4n) is 3.85. The molecule has 0 saturated carbocycles. The van der Waals surface area contributed by atoms with E-state index in [0.717, 1.165) is 40.5 Å². The standard InChI is InChI=1S/C22H27N5O3/c1-4-19-22(15(2)25-30-19)18-7-5-6-17(24-18)20-14-27(12-13-29-20)21(28)9-8-16-10-11-23-26(16)3/h5-7,10-11,20H,4,8-9,12-14H2,1-3H3/t20-/m0/s1. The molecule has 1 aliphatic heterocycles. The Balaban J connectivity index is 1.46. The summed E-state index contributed by atoms with van der Waals surface area (Å²) in [6, 6.07) is 7.83. The summed E-state index contributed by atoms with van der Waals surface area (Å²) in [7, 11) is 1.89. The lowest BCUT2D eigenvalue weighted by atomic mass is 10.1. The Morgan fingerprint density at radius 3 is 2.93 bits per heavy atom. The van der Waals surface area contributed by atoms with Gasteiger partial charge >= 0.3 is 0 Å². The topological polar surface area (TPSA) is 86.3 Å². The maximum atomic E-state index is 12.8. The molecule has 1 aliphatic rings. The van der Waals surface area contributed by atoms with Crippen molar-refractivity contribution >= 4 is 5.91 Å². The maximum absolute atomic E-state index is 12.8. The lowest BCUT2D eigenvalue weighted by Gasteiger charge is -2.33. The predicted molar refractivity (Wildman–Crippen MR) is 111 cm³/mol. The zero-order chi connectivity index (χ0) is 21.1. The van der Waals surface area contributed by atoms with E-state index in [9.17, 15) is 4.79 Å². The largest absolute Gasteiger partial charge is 0.368 e. The number of pyridine rings is 1. The molecule has 8 nitrogen and oxygen atoms in total. The second kappa shape index (κ2) is 8.79. The van der Waals surface area contributed by atoms with Gasteiger partial charge in [-0.2, -0.15) is 5.10 Å². The molecule has 1 fully saturated rings. The van der Waals surface area contributed by atoms with Crippen LogP contribution in [0.3, 0.4) is 0 Å². The number of amides is 1. The Hall–Kier alpha value is -3.00. The molecule has 158 valence electrons. The second-order valence-corrected chi connectivity index (χ2v) is 7.51. The van der Waals surface area contributed by atoms with Crippen molar-refractivity contribution in [1.82, 2.24) is 24.8 Å². The molecule has 4 heterocycles. The number of aryl methyl sites for hydroxylation is 4. The summed E-state index contributed by atoms with van der Waals surface area (Å²) in [6.45, 7) is 5.56. The molecule has 1 atom stereocenters. The van der Waals surface area contributed by atoms with Crippen molar-refractivity contribution < 1.29 is 14.1 Å². The molecule has 3 aromatic rings. The van der Waals surface area contributed by atoms with Crippen LogP contribution in [0.4, 0.5) is 0 Å². The molecule has 0 N–H and O–H groups in total. The summed E-state index contributed by atoms with van der Waals surface area (Å²) in [4.78, 5) is 19.5. The highest BCUT2D eigenvalue weighted by Gasteiger charge is 2.27. The van der Waals surface area contributed by atoms with E-state index in [1.54, 1.807) is 6.20 Å². The summed E-state index contributed by atoms with van der Waals surface area (Å²) >= 11 is 0. The van der Waals surface area contributed by atoms with Gasteiger partial charge in [0.1, 0.15) is 11.9 Å². The van der Waals surface area contributed by atoms with Crippen LogP contribution in [-0.4, -0.2) is 50.4 Å². The number of aromatic nitrogens is 4. The number of hydrogen-bond donors (Lipinski definition) is 0. The summed E-state index contributed by atoms with van der Waals surface area (Å²) in [5.74, 6) is 0.956. The first kappa shape index (κ1) is 20.3. The first-order chi connectivity index (χ1) is 14.6. The third-order valence-electron chi connectivity index (χ3n) is 5.55. The summed E-state index contributed by atoms with van der Waals surface area (Å²) in [6.07, 6.45) is 3.40. The summed E-state index contributed by atoms with van der Waals surface area (Å²) < 4.78 is 13.2.